The van der Waals surface area contributed by atoms with Gasteiger partial charge in [-0.15, -0.1) is 0 Å². The molecule has 0 bridgehead atoms. The van der Waals surface area contributed by atoms with Crippen LogP contribution in [-0.2, 0) is 29.0 Å². The molecule has 5 rings (SSSR count). The average Bonchev–Trinajstić information content (AvgIpc) is 3.41. The first kappa shape index (κ1) is 18.7. The fourth-order valence-corrected chi connectivity index (χ4v) is 4.71. The minimum absolute atomic E-state index is 0.0176. The lowest BCUT2D eigenvalue weighted by Gasteiger charge is -2.18. The van der Waals surface area contributed by atoms with Gasteiger partial charge in [-0.25, -0.2) is 0 Å². The topological polar surface area (TPSA) is 74.4 Å². The minimum atomic E-state index is -0.281. The predicted molar refractivity (Wildman–Crippen MR) is 114 cm³/mol. The number of H-pyrrole nitrogens is 1. The molecule has 0 spiro atoms. The van der Waals surface area contributed by atoms with E-state index in [2.05, 4.69) is 10.3 Å². The fourth-order valence-electron chi connectivity index (χ4n) is 4.71. The summed E-state index contributed by atoms with van der Waals surface area (Å²) in [6, 6.07) is 16.0. The maximum atomic E-state index is 12.9. The zero-order valence-corrected chi connectivity index (χ0v) is 17.0. The van der Waals surface area contributed by atoms with Crippen molar-refractivity contribution >= 4 is 22.7 Å². The molecule has 154 valence electrons. The molecule has 0 radical (unpaired) electrons. The zero-order chi connectivity index (χ0) is 20.7. The quantitative estimate of drug-likeness (QED) is 0.688. The van der Waals surface area contributed by atoms with Crippen molar-refractivity contribution in [1.29, 1.82) is 0 Å². The number of amides is 2. The standard InChI is InChI=1S/C24H25N3O3/c1-30-18-7-8-21-20(12-18)19-10-17(11-22(19)26-21)25-24(29)16-9-23(28)27(14-16)13-15-5-3-2-4-6-15/h2-8,12,16-17,26H,9-11,13-14H2,1H3,(H,25,29). The van der Waals surface area contributed by atoms with Gasteiger partial charge in [0, 0.05) is 48.6 Å². The molecule has 6 heteroatoms. The third-order valence-electron chi connectivity index (χ3n) is 6.25. The van der Waals surface area contributed by atoms with E-state index in [9.17, 15) is 9.59 Å². The van der Waals surface area contributed by atoms with Gasteiger partial charge in [0.15, 0.2) is 0 Å². The maximum Gasteiger partial charge on any atom is 0.225 e. The largest absolute Gasteiger partial charge is 0.497 e. The van der Waals surface area contributed by atoms with Gasteiger partial charge in [-0.1, -0.05) is 30.3 Å². The molecular weight excluding hydrogens is 378 g/mol. The van der Waals surface area contributed by atoms with Gasteiger partial charge in [-0.3, -0.25) is 9.59 Å². The van der Waals surface area contributed by atoms with E-state index < -0.39 is 0 Å². The molecule has 1 fully saturated rings. The summed E-state index contributed by atoms with van der Waals surface area (Å²) in [6.45, 7) is 1.04. The van der Waals surface area contributed by atoms with Crippen molar-refractivity contribution < 1.29 is 14.3 Å². The Morgan fingerprint density at radius 3 is 2.80 bits per heavy atom. The number of likely N-dealkylation sites (tertiary alicyclic amines) is 1. The second-order valence-electron chi connectivity index (χ2n) is 8.27. The second-order valence-corrected chi connectivity index (χ2v) is 8.27. The molecule has 2 unspecified atom stereocenters. The first-order chi connectivity index (χ1) is 14.6. The van der Waals surface area contributed by atoms with Gasteiger partial charge in [0.25, 0.3) is 0 Å². The Hall–Kier alpha value is -3.28. The van der Waals surface area contributed by atoms with Gasteiger partial charge < -0.3 is 19.9 Å². The van der Waals surface area contributed by atoms with Gasteiger partial charge >= 0.3 is 0 Å². The van der Waals surface area contributed by atoms with Crippen LogP contribution in [0.3, 0.4) is 0 Å². The minimum Gasteiger partial charge on any atom is -0.497 e. The van der Waals surface area contributed by atoms with E-state index in [1.165, 1.54) is 11.3 Å². The second kappa shape index (κ2) is 7.52. The lowest BCUT2D eigenvalue weighted by molar-refractivity contribution is -0.129. The number of fused-ring (bicyclic) bond motifs is 3. The van der Waals surface area contributed by atoms with Gasteiger partial charge in [-0.2, -0.15) is 0 Å². The number of nitrogens with one attached hydrogen (secondary N) is 2. The lowest BCUT2D eigenvalue weighted by atomic mass is 10.1. The van der Waals surface area contributed by atoms with E-state index in [1.807, 2.05) is 48.5 Å². The number of methoxy groups -OCH3 is 1. The monoisotopic (exact) mass is 403 g/mol. The first-order valence-corrected chi connectivity index (χ1v) is 10.4. The van der Waals surface area contributed by atoms with E-state index in [4.69, 9.17) is 4.74 Å². The summed E-state index contributed by atoms with van der Waals surface area (Å²) in [4.78, 5) is 30.5. The molecule has 6 nitrogen and oxygen atoms in total. The SMILES string of the molecule is COc1ccc2[nH]c3c(c2c1)CC(NC(=O)C1CC(=O)N(Cc2ccccc2)C1)C3. The fraction of sp³-hybridized carbons (Fsp3) is 0.333. The highest BCUT2D eigenvalue weighted by Gasteiger charge is 2.36. The predicted octanol–water partition coefficient (Wildman–Crippen LogP) is 2.81. The molecule has 2 atom stereocenters. The highest BCUT2D eigenvalue weighted by Crippen LogP contribution is 2.32. The summed E-state index contributed by atoms with van der Waals surface area (Å²) in [5.74, 6) is 0.585. The third kappa shape index (κ3) is 3.43. The van der Waals surface area contributed by atoms with E-state index in [0.717, 1.165) is 35.1 Å². The third-order valence-corrected chi connectivity index (χ3v) is 6.25. The van der Waals surface area contributed by atoms with E-state index in [1.54, 1.807) is 12.0 Å². The lowest BCUT2D eigenvalue weighted by Crippen LogP contribution is -2.40. The van der Waals surface area contributed by atoms with Crippen molar-refractivity contribution in [2.75, 3.05) is 13.7 Å². The molecule has 30 heavy (non-hydrogen) atoms. The van der Waals surface area contributed by atoms with Crippen molar-refractivity contribution in [3.8, 4) is 5.75 Å². The van der Waals surface area contributed by atoms with Crippen LogP contribution < -0.4 is 10.1 Å². The molecule has 3 aromatic rings. The van der Waals surface area contributed by atoms with Crippen LogP contribution in [0.1, 0.15) is 23.2 Å². The number of aromatic nitrogens is 1. The summed E-state index contributed by atoms with van der Waals surface area (Å²) in [5.41, 5.74) is 4.62. The summed E-state index contributed by atoms with van der Waals surface area (Å²) < 4.78 is 5.35. The summed E-state index contributed by atoms with van der Waals surface area (Å²) in [5, 5.41) is 4.34. The molecule has 2 aliphatic rings. The maximum absolute atomic E-state index is 12.9. The smallest absolute Gasteiger partial charge is 0.225 e. The summed E-state index contributed by atoms with van der Waals surface area (Å²) in [6.07, 6.45) is 1.87. The number of aromatic amines is 1. The zero-order valence-electron chi connectivity index (χ0n) is 17.0. The van der Waals surface area contributed by atoms with Crippen molar-refractivity contribution in [3.63, 3.8) is 0 Å². The average molecular weight is 403 g/mol. The Bertz CT molecular complexity index is 1110. The van der Waals surface area contributed by atoms with Crippen molar-refractivity contribution in [3.05, 3.63) is 65.4 Å². The summed E-state index contributed by atoms with van der Waals surface area (Å²) in [7, 11) is 1.67. The highest BCUT2D eigenvalue weighted by molar-refractivity contribution is 5.90. The number of hydrogen-bond acceptors (Lipinski definition) is 3. The molecule has 2 aromatic carbocycles. The number of hydrogen-bond donors (Lipinski definition) is 2. The molecule has 2 amide bonds. The van der Waals surface area contributed by atoms with E-state index in [-0.39, 0.29) is 30.2 Å². The highest BCUT2D eigenvalue weighted by atomic mass is 16.5. The molecule has 0 saturated carbocycles. The van der Waals surface area contributed by atoms with Gasteiger partial charge in [0.2, 0.25) is 11.8 Å². The number of benzene rings is 2. The Morgan fingerprint density at radius 1 is 1.17 bits per heavy atom. The Labute approximate surface area is 175 Å². The Balaban J connectivity index is 1.22. The van der Waals surface area contributed by atoms with Gasteiger partial charge in [-0.05, 0) is 35.7 Å². The van der Waals surface area contributed by atoms with Crippen LogP contribution in [0, 0.1) is 5.92 Å². The molecule has 1 aromatic heterocycles. The molecule has 1 saturated heterocycles. The Morgan fingerprint density at radius 2 is 2.00 bits per heavy atom. The van der Waals surface area contributed by atoms with E-state index >= 15 is 0 Å². The number of carbonyl (C=O) groups excluding carboxylic acids is 2. The van der Waals surface area contributed by atoms with Crippen LogP contribution in [-0.4, -0.2) is 41.4 Å². The van der Waals surface area contributed by atoms with Crippen LogP contribution in [0.25, 0.3) is 10.9 Å². The number of nitrogens with zero attached hydrogens (tertiary/aromatic N) is 1. The van der Waals surface area contributed by atoms with Crippen LogP contribution in [0.2, 0.25) is 0 Å². The van der Waals surface area contributed by atoms with Crippen LogP contribution in [0.15, 0.2) is 48.5 Å². The van der Waals surface area contributed by atoms with E-state index in [0.29, 0.717) is 13.1 Å². The van der Waals surface area contributed by atoms with Crippen molar-refractivity contribution in [2.45, 2.75) is 31.8 Å². The van der Waals surface area contributed by atoms with Crippen molar-refractivity contribution in [1.82, 2.24) is 15.2 Å². The van der Waals surface area contributed by atoms with Crippen LogP contribution in [0.4, 0.5) is 0 Å². The molecule has 2 N–H and O–H groups in total. The van der Waals surface area contributed by atoms with Crippen LogP contribution in [0.5, 0.6) is 5.75 Å². The normalized spacial score (nSPS) is 20.6. The van der Waals surface area contributed by atoms with Crippen molar-refractivity contribution in [2.24, 2.45) is 5.92 Å². The molecule has 1 aliphatic carbocycles. The molecule has 1 aliphatic heterocycles. The summed E-state index contributed by atoms with van der Waals surface area (Å²) >= 11 is 0. The number of rotatable bonds is 5. The van der Waals surface area contributed by atoms with Gasteiger partial charge in [0.1, 0.15) is 5.75 Å². The first-order valence-electron chi connectivity index (χ1n) is 10.4. The molecule has 2 heterocycles. The Kier molecular flexibility index (Phi) is 4.69. The van der Waals surface area contributed by atoms with Crippen LogP contribution >= 0.6 is 0 Å². The number of carbonyl (C=O) groups is 2. The molecular formula is C24H25N3O3. The number of ether oxygens (including phenoxy) is 1. The van der Waals surface area contributed by atoms with Gasteiger partial charge in [0.05, 0.1) is 13.0 Å².